The summed E-state index contributed by atoms with van der Waals surface area (Å²) in [6.45, 7) is 6.74. The molecule has 3 rings (SSSR count). The van der Waals surface area contributed by atoms with E-state index in [0.717, 1.165) is 30.1 Å². The van der Waals surface area contributed by atoms with Gasteiger partial charge in [0.2, 0.25) is 0 Å². The molecular formula is C23H41F. The minimum Gasteiger partial charge on any atom is -0.247 e. The molecule has 0 saturated heterocycles. The van der Waals surface area contributed by atoms with Crippen molar-refractivity contribution < 1.29 is 4.39 Å². The molecule has 0 aromatic carbocycles. The van der Waals surface area contributed by atoms with Gasteiger partial charge < -0.3 is 0 Å². The van der Waals surface area contributed by atoms with E-state index < -0.39 is 6.17 Å². The van der Waals surface area contributed by atoms with Crippen LogP contribution in [0.3, 0.4) is 0 Å². The normalized spacial score (nSPS) is 47.5. The molecule has 1 heteroatoms. The second-order valence-electron chi connectivity index (χ2n) is 9.83. The van der Waals surface area contributed by atoms with Crippen molar-refractivity contribution in [2.24, 2.45) is 41.4 Å². The Hall–Kier alpha value is -0.0700. The molecule has 0 aliphatic heterocycles. The van der Waals surface area contributed by atoms with Crippen LogP contribution in [0.25, 0.3) is 0 Å². The molecule has 0 heterocycles. The zero-order valence-electron chi connectivity index (χ0n) is 16.5. The van der Waals surface area contributed by atoms with Crippen molar-refractivity contribution in [3.05, 3.63) is 0 Å². The van der Waals surface area contributed by atoms with Gasteiger partial charge in [-0.05, 0) is 92.8 Å². The quantitative estimate of drug-likeness (QED) is 0.501. The van der Waals surface area contributed by atoms with Crippen molar-refractivity contribution >= 4 is 0 Å². The maximum absolute atomic E-state index is 14.3. The minimum absolute atomic E-state index is 0.288. The molecule has 3 unspecified atom stereocenters. The van der Waals surface area contributed by atoms with Gasteiger partial charge in [0.15, 0.2) is 0 Å². The highest BCUT2D eigenvalue weighted by atomic mass is 19.1. The summed E-state index contributed by atoms with van der Waals surface area (Å²) >= 11 is 0. The average molecular weight is 337 g/mol. The van der Waals surface area contributed by atoms with E-state index in [2.05, 4.69) is 20.8 Å². The van der Waals surface area contributed by atoms with Crippen molar-refractivity contribution in [1.29, 1.82) is 0 Å². The van der Waals surface area contributed by atoms with Gasteiger partial charge >= 0.3 is 0 Å². The van der Waals surface area contributed by atoms with Crippen molar-refractivity contribution in [3.8, 4) is 0 Å². The Morgan fingerprint density at radius 2 is 1.21 bits per heavy atom. The molecule has 0 radical (unpaired) electrons. The predicted molar refractivity (Wildman–Crippen MR) is 102 cm³/mol. The zero-order chi connectivity index (χ0) is 17.1. The largest absolute Gasteiger partial charge is 0.247 e. The Bertz CT molecular complexity index is 350. The lowest BCUT2D eigenvalue weighted by molar-refractivity contribution is 0.0404. The molecule has 24 heavy (non-hydrogen) atoms. The average Bonchev–Trinajstić information content (AvgIpc) is 2.60. The molecule has 0 bridgehead atoms. The Kier molecular flexibility index (Phi) is 6.66. The number of hydrogen-bond donors (Lipinski definition) is 0. The van der Waals surface area contributed by atoms with Gasteiger partial charge in [-0.1, -0.05) is 46.5 Å². The van der Waals surface area contributed by atoms with Crippen LogP contribution in [0, 0.1) is 41.4 Å². The Labute approximate surface area is 150 Å². The van der Waals surface area contributed by atoms with Crippen LogP contribution in [0.5, 0.6) is 0 Å². The molecule has 4 atom stereocenters. The number of halogens is 1. The SMILES string of the molecule is CCCC1CCC(C2CCC([C@@H]3CC(C)C(C)C(F)C3)CC2)CC1. The fourth-order valence-corrected chi connectivity index (χ4v) is 6.48. The first kappa shape index (κ1) is 18.7. The van der Waals surface area contributed by atoms with E-state index in [1.54, 1.807) is 0 Å². The Morgan fingerprint density at radius 3 is 1.71 bits per heavy atom. The number of rotatable bonds is 4. The third-order valence-electron chi connectivity index (χ3n) is 8.41. The van der Waals surface area contributed by atoms with E-state index >= 15 is 0 Å². The fraction of sp³-hybridized carbons (Fsp3) is 1.00. The van der Waals surface area contributed by atoms with E-state index in [1.807, 2.05) is 0 Å². The smallest absolute Gasteiger partial charge is 0.103 e. The first-order chi connectivity index (χ1) is 11.6. The lowest BCUT2D eigenvalue weighted by Gasteiger charge is -2.43. The van der Waals surface area contributed by atoms with Gasteiger partial charge in [-0.15, -0.1) is 0 Å². The van der Waals surface area contributed by atoms with Crippen LogP contribution in [0.4, 0.5) is 4.39 Å². The van der Waals surface area contributed by atoms with Crippen LogP contribution in [0.2, 0.25) is 0 Å². The van der Waals surface area contributed by atoms with Gasteiger partial charge in [-0.3, -0.25) is 0 Å². The molecule has 0 spiro atoms. The van der Waals surface area contributed by atoms with Crippen LogP contribution in [-0.2, 0) is 0 Å². The summed E-state index contributed by atoms with van der Waals surface area (Å²) in [5.74, 6) is 5.47. The summed E-state index contributed by atoms with van der Waals surface area (Å²) in [5, 5.41) is 0. The summed E-state index contributed by atoms with van der Waals surface area (Å²) in [7, 11) is 0. The fourth-order valence-electron chi connectivity index (χ4n) is 6.48. The maximum Gasteiger partial charge on any atom is 0.103 e. The molecule has 0 aromatic rings. The number of alkyl halides is 1. The molecule has 3 aliphatic rings. The van der Waals surface area contributed by atoms with Crippen molar-refractivity contribution in [2.75, 3.05) is 0 Å². The molecule has 0 nitrogen and oxygen atoms in total. The van der Waals surface area contributed by atoms with E-state index in [9.17, 15) is 4.39 Å². The molecule has 3 fully saturated rings. The van der Waals surface area contributed by atoms with E-state index in [-0.39, 0.29) is 5.92 Å². The molecule has 0 amide bonds. The third kappa shape index (κ3) is 4.36. The van der Waals surface area contributed by atoms with Crippen LogP contribution in [0.15, 0.2) is 0 Å². The summed E-state index contributed by atoms with van der Waals surface area (Å²) in [6.07, 6.45) is 16.2. The van der Waals surface area contributed by atoms with Gasteiger partial charge in [0.25, 0.3) is 0 Å². The second-order valence-corrected chi connectivity index (χ2v) is 9.83. The Morgan fingerprint density at radius 1 is 0.708 bits per heavy atom. The zero-order valence-corrected chi connectivity index (χ0v) is 16.5. The predicted octanol–water partition coefficient (Wildman–Crippen LogP) is 7.42. The van der Waals surface area contributed by atoms with Crippen LogP contribution < -0.4 is 0 Å². The molecular weight excluding hydrogens is 295 g/mol. The molecule has 3 aliphatic carbocycles. The Balaban J connectivity index is 1.43. The standard InChI is InChI=1S/C23H41F/c1-4-5-18-6-8-19(9-7-18)20-10-12-21(13-11-20)22-14-16(2)17(3)23(24)15-22/h16-23H,4-15H2,1-3H3/t16?,17?,18?,19?,20?,21?,22-,23?/m1/s1. The lowest BCUT2D eigenvalue weighted by Crippen LogP contribution is -2.36. The summed E-state index contributed by atoms with van der Waals surface area (Å²) in [6, 6.07) is 0. The molecule has 140 valence electrons. The van der Waals surface area contributed by atoms with Crippen LogP contribution >= 0.6 is 0 Å². The van der Waals surface area contributed by atoms with E-state index in [0.29, 0.717) is 11.8 Å². The highest BCUT2D eigenvalue weighted by Gasteiger charge is 2.38. The second kappa shape index (κ2) is 8.54. The first-order valence-electron chi connectivity index (χ1n) is 11.2. The highest BCUT2D eigenvalue weighted by Crippen LogP contribution is 2.47. The summed E-state index contributed by atoms with van der Waals surface area (Å²) in [4.78, 5) is 0. The van der Waals surface area contributed by atoms with E-state index in [4.69, 9.17) is 0 Å². The van der Waals surface area contributed by atoms with Crippen molar-refractivity contribution in [1.82, 2.24) is 0 Å². The van der Waals surface area contributed by atoms with E-state index in [1.165, 1.54) is 70.6 Å². The van der Waals surface area contributed by atoms with Crippen LogP contribution in [0.1, 0.15) is 97.8 Å². The summed E-state index contributed by atoms with van der Waals surface area (Å²) in [5.41, 5.74) is 0. The lowest BCUT2D eigenvalue weighted by atomic mass is 9.63. The summed E-state index contributed by atoms with van der Waals surface area (Å²) < 4.78 is 14.3. The van der Waals surface area contributed by atoms with Crippen molar-refractivity contribution in [3.63, 3.8) is 0 Å². The van der Waals surface area contributed by atoms with Crippen molar-refractivity contribution in [2.45, 2.75) is 104 Å². The minimum atomic E-state index is -0.537. The molecule has 0 N–H and O–H groups in total. The van der Waals surface area contributed by atoms with Gasteiger partial charge in [-0.25, -0.2) is 4.39 Å². The third-order valence-corrected chi connectivity index (χ3v) is 8.41. The van der Waals surface area contributed by atoms with Gasteiger partial charge in [0.05, 0.1) is 0 Å². The molecule has 3 saturated carbocycles. The maximum atomic E-state index is 14.3. The van der Waals surface area contributed by atoms with Gasteiger partial charge in [-0.2, -0.15) is 0 Å². The van der Waals surface area contributed by atoms with Gasteiger partial charge in [0, 0.05) is 0 Å². The van der Waals surface area contributed by atoms with Gasteiger partial charge in [0.1, 0.15) is 6.17 Å². The molecule has 0 aromatic heterocycles. The number of hydrogen-bond acceptors (Lipinski definition) is 0. The van der Waals surface area contributed by atoms with Crippen LogP contribution in [-0.4, -0.2) is 6.17 Å². The monoisotopic (exact) mass is 336 g/mol. The highest BCUT2D eigenvalue weighted by molar-refractivity contribution is 4.89. The topological polar surface area (TPSA) is 0 Å². The first-order valence-corrected chi connectivity index (χ1v) is 11.2.